The molecule has 102 valence electrons. The Balaban J connectivity index is 1.99. The van der Waals surface area contributed by atoms with Gasteiger partial charge < -0.3 is 21.2 Å². The van der Waals surface area contributed by atoms with Crippen LogP contribution in [0.3, 0.4) is 0 Å². The van der Waals surface area contributed by atoms with E-state index in [4.69, 9.17) is 10.9 Å². The van der Waals surface area contributed by atoms with Crippen LogP contribution < -0.4 is 11.1 Å². The van der Waals surface area contributed by atoms with E-state index in [1.165, 1.54) is 0 Å². The highest BCUT2D eigenvalue weighted by molar-refractivity contribution is 5.97. The van der Waals surface area contributed by atoms with Crippen LogP contribution in [0.2, 0.25) is 0 Å². The standard InChI is InChI=1S/C13H18N4O2/c1-17(13(18)15-11-5-6-11)8-9-3-2-4-10(7-9)12(14)16-19/h2-4,7,11,19H,5-6,8H2,1H3,(H2,14,16)(H,15,18). The molecule has 0 bridgehead atoms. The zero-order valence-corrected chi connectivity index (χ0v) is 10.8. The first-order valence-corrected chi connectivity index (χ1v) is 6.18. The number of amidine groups is 1. The van der Waals surface area contributed by atoms with Gasteiger partial charge in [-0.05, 0) is 24.5 Å². The lowest BCUT2D eigenvalue weighted by molar-refractivity contribution is 0.206. The maximum absolute atomic E-state index is 11.8. The monoisotopic (exact) mass is 262 g/mol. The maximum atomic E-state index is 11.8. The summed E-state index contributed by atoms with van der Waals surface area (Å²) in [5.41, 5.74) is 7.10. The van der Waals surface area contributed by atoms with Crippen LogP contribution in [0, 0.1) is 0 Å². The van der Waals surface area contributed by atoms with Gasteiger partial charge >= 0.3 is 6.03 Å². The third kappa shape index (κ3) is 3.61. The minimum absolute atomic E-state index is 0.0620. The first-order valence-electron chi connectivity index (χ1n) is 6.18. The molecule has 0 radical (unpaired) electrons. The molecule has 6 nitrogen and oxygen atoms in total. The Morgan fingerprint density at radius 1 is 1.58 bits per heavy atom. The number of nitrogens with zero attached hydrogens (tertiary/aromatic N) is 2. The van der Waals surface area contributed by atoms with Crippen molar-refractivity contribution in [2.24, 2.45) is 10.9 Å². The number of hydrogen-bond acceptors (Lipinski definition) is 3. The molecule has 0 atom stereocenters. The van der Waals surface area contributed by atoms with E-state index in [0.717, 1.165) is 18.4 Å². The molecule has 1 aliphatic rings. The van der Waals surface area contributed by atoms with Crippen molar-refractivity contribution in [3.63, 3.8) is 0 Å². The van der Waals surface area contributed by atoms with Crippen molar-refractivity contribution < 1.29 is 10.0 Å². The van der Waals surface area contributed by atoms with Gasteiger partial charge in [0, 0.05) is 25.2 Å². The summed E-state index contributed by atoms with van der Waals surface area (Å²) in [7, 11) is 1.74. The number of hydrogen-bond donors (Lipinski definition) is 3. The van der Waals surface area contributed by atoms with Gasteiger partial charge in [0.05, 0.1) is 0 Å². The fourth-order valence-corrected chi connectivity index (χ4v) is 1.74. The van der Waals surface area contributed by atoms with Gasteiger partial charge in [0.25, 0.3) is 0 Å². The van der Waals surface area contributed by atoms with Crippen LogP contribution in [0.4, 0.5) is 4.79 Å². The molecule has 0 saturated heterocycles. The first kappa shape index (κ1) is 13.2. The molecule has 1 aromatic rings. The normalized spacial score (nSPS) is 15.1. The van der Waals surface area contributed by atoms with Crippen LogP contribution in [0.15, 0.2) is 29.4 Å². The summed E-state index contributed by atoms with van der Waals surface area (Å²) in [5.74, 6) is 0.0620. The zero-order chi connectivity index (χ0) is 13.8. The lowest BCUT2D eigenvalue weighted by Gasteiger charge is -2.18. The number of oxime groups is 1. The van der Waals surface area contributed by atoms with Gasteiger partial charge in [-0.1, -0.05) is 23.4 Å². The van der Waals surface area contributed by atoms with Gasteiger partial charge in [-0.15, -0.1) is 0 Å². The number of nitrogens with two attached hydrogens (primary N) is 1. The molecule has 6 heteroatoms. The molecule has 2 rings (SSSR count). The molecule has 0 spiro atoms. The quantitative estimate of drug-likeness (QED) is 0.328. The van der Waals surface area contributed by atoms with Gasteiger partial charge in [-0.2, -0.15) is 0 Å². The molecular formula is C13H18N4O2. The average Bonchev–Trinajstić information content (AvgIpc) is 3.22. The highest BCUT2D eigenvalue weighted by Crippen LogP contribution is 2.19. The summed E-state index contributed by atoms with van der Waals surface area (Å²) >= 11 is 0. The zero-order valence-electron chi connectivity index (χ0n) is 10.8. The lowest BCUT2D eigenvalue weighted by Crippen LogP contribution is -2.37. The number of amides is 2. The Hall–Kier alpha value is -2.24. The second-order valence-electron chi connectivity index (χ2n) is 4.77. The van der Waals surface area contributed by atoms with E-state index in [1.54, 1.807) is 24.1 Å². The number of urea groups is 1. The van der Waals surface area contributed by atoms with Crippen molar-refractivity contribution in [2.45, 2.75) is 25.4 Å². The summed E-state index contributed by atoms with van der Waals surface area (Å²) in [5, 5.41) is 14.5. The fraction of sp³-hybridized carbons (Fsp3) is 0.385. The molecule has 0 unspecified atom stereocenters. The Kier molecular flexibility index (Phi) is 3.89. The molecule has 1 saturated carbocycles. The third-order valence-electron chi connectivity index (χ3n) is 3.00. The number of rotatable bonds is 4. The third-order valence-corrected chi connectivity index (χ3v) is 3.00. The molecule has 1 fully saturated rings. The van der Waals surface area contributed by atoms with E-state index in [0.29, 0.717) is 18.2 Å². The number of carbonyl (C=O) groups is 1. The summed E-state index contributed by atoms with van der Waals surface area (Å²) in [6, 6.07) is 7.54. The molecule has 1 aromatic carbocycles. The molecular weight excluding hydrogens is 244 g/mol. The highest BCUT2D eigenvalue weighted by atomic mass is 16.4. The lowest BCUT2D eigenvalue weighted by atomic mass is 10.1. The van der Waals surface area contributed by atoms with Crippen molar-refractivity contribution in [3.8, 4) is 0 Å². The predicted octanol–water partition coefficient (Wildman–Crippen LogP) is 1.08. The molecule has 4 N–H and O–H groups in total. The minimum atomic E-state index is -0.0725. The van der Waals surface area contributed by atoms with Gasteiger partial charge in [0.2, 0.25) is 0 Å². The fourth-order valence-electron chi connectivity index (χ4n) is 1.74. The Bertz CT molecular complexity index is 497. The topological polar surface area (TPSA) is 90.9 Å². The molecule has 0 aliphatic heterocycles. The molecule has 0 heterocycles. The van der Waals surface area contributed by atoms with Gasteiger partial charge in [-0.3, -0.25) is 0 Å². The Morgan fingerprint density at radius 3 is 2.95 bits per heavy atom. The van der Waals surface area contributed by atoms with E-state index in [2.05, 4.69) is 10.5 Å². The maximum Gasteiger partial charge on any atom is 0.317 e. The van der Waals surface area contributed by atoms with E-state index in [-0.39, 0.29) is 11.9 Å². The summed E-state index contributed by atoms with van der Waals surface area (Å²) < 4.78 is 0. The molecule has 2 amide bonds. The van der Waals surface area contributed by atoms with Crippen LogP contribution in [-0.4, -0.2) is 35.1 Å². The summed E-state index contributed by atoms with van der Waals surface area (Å²) in [4.78, 5) is 13.4. The highest BCUT2D eigenvalue weighted by Gasteiger charge is 2.24. The Morgan fingerprint density at radius 2 is 2.32 bits per heavy atom. The van der Waals surface area contributed by atoms with E-state index >= 15 is 0 Å². The molecule has 0 aromatic heterocycles. The number of benzene rings is 1. The van der Waals surface area contributed by atoms with Crippen molar-refractivity contribution in [1.82, 2.24) is 10.2 Å². The minimum Gasteiger partial charge on any atom is -0.409 e. The smallest absolute Gasteiger partial charge is 0.317 e. The predicted molar refractivity (Wildman–Crippen MR) is 72.0 cm³/mol. The molecule has 19 heavy (non-hydrogen) atoms. The van der Waals surface area contributed by atoms with E-state index in [9.17, 15) is 4.79 Å². The van der Waals surface area contributed by atoms with Gasteiger partial charge in [-0.25, -0.2) is 4.79 Å². The van der Waals surface area contributed by atoms with Crippen LogP contribution in [0.1, 0.15) is 24.0 Å². The second kappa shape index (κ2) is 5.60. The number of nitrogens with one attached hydrogen (secondary N) is 1. The van der Waals surface area contributed by atoms with E-state index < -0.39 is 0 Å². The first-order chi connectivity index (χ1) is 9.10. The van der Waals surface area contributed by atoms with Gasteiger partial charge in [0.1, 0.15) is 0 Å². The average molecular weight is 262 g/mol. The van der Waals surface area contributed by atoms with Crippen LogP contribution in [0.5, 0.6) is 0 Å². The SMILES string of the molecule is CN(Cc1cccc(C(N)=NO)c1)C(=O)NC1CC1. The van der Waals surface area contributed by atoms with Gasteiger partial charge in [0.15, 0.2) is 5.84 Å². The van der Waals surface area contributed by atoms with Crippen molar-refractivity contribution >= 4 is 11.9 Å². The summed E-state index contributed by atoms with van der Waals surface area (Å²) in [6.45, 7) is 0.477. The largest absolute Gasteiger partial charge is 0.409 e. The van der Waals surface area contributed by atoms with E-state index in [1.807, 2.05) is 12.1 Å². The van der Waals surface area contributed by atoms with Crippen molar-refractivity contribution in [1.29, 1.82) is 0 Å². The molecule has 1 aliphatic carbocycles. The van der Waals surface area contributed by atoms with Crippen molar-refractivity contribution in [3.05, 3.63) is 35.4 Å². The van der Waals surface area contributed by atoms with Crippen LogP contribution in [-0.2, 0) is 6.54 Å². The van der Waals surface area contributed by atoms with Crippen molar-refractivity contribution in [2.75, 3.05) is 7.05 Å². The number of carbonyl (C=O) groups excluding carboxylic acids is 1. The van der Waals surface area contributed by atoms with Crippen LogP contribution in [0.25, 0.3) is 0 Å². The summed E-state index contributed by atoms with van der Waals surface area (Å²) in [6.07, 6.45) is 2.14. The Labute approximate surface area is 111 Å². The second-order valence-corrected chi connectivity index (χ2v) is 4.77. The van der Waals surface area contributed by atoms with Crippen LogP contribution >= 0.6 is 0 Å².